The Morgan fingerprint density at radius 2 is 1.34 bits per heavy atom. The number of esters is 4. The quantitative estimate of drug-likeness (QED) is 0.152. The van der Waals surface area contributed by atoms with Crippen molar-refractivity contribution in [3.8, 4) is 0 Å². The van der Waals surface area contributed by atoms with Crippen molar-refractivity contribution in [2.24, 2.45) is 22.7 Å². The van der Waals surface area contributed by atoms with E-state index in [9.17, 15) is 24.3 Å². The number of carbonyl (C=O) groups excluding carboxylic acids is 5. The third kappa shape index (κ3) is 6.96. The minimum absolute atomic E-state index is 0.0337. The monoisotopic (exact) mass is 866 g/mol. The van der Waals surface area contributed by atoms with Gasteiger partial charge in [-0.15, -0.1) is 0 Å². The van der Waals surface area contributed by atoms with Gasteiger partial charge in [0.2, 0.25) is 5.78 Å². The maximum atomic E-state index is 16.5. The molecule has 0 radical (unpaired) electrons. The molecule has 1 N–H and O–H groups in total. The van der Waals surface area contributed by atoms with E-state index in [1.54, 1.807) is 58.0 Å². The molecule has 3 fully saturated rings. The van der Waals surface area contributed by atoms with Gasteiger partial charge in [-0.1, -0.05) is 120 Å². The Bertz CT molecular complexity index is 2230. The lowest BCUT2D eigenvalue weighted by atomic mass is 9.45. The zero-order valence-electron chi connectivity index (χ0n) is 37.2. The summed E-state index contributed by atoms with van der Waals surface area (Å²) in [4.78, 5) is 70.6. The van der Waals surface area contributed by atoms with Crippen molar-refractivity contribution in [2.45, 2.75) is 123 Å². The van der Waals surface area contributed by atoms with Crippen LogP contribution in [0.25, 0.3) is 0 Å². The van der Waals surface area contributed by atoms with Crippen molar-refractivity contribution >= 4 is 48.4 Å². The van der Waals surface area contributed by atoms with Crippen LogP contribution in [-0.4, -0.2) is 85.3 Å². The molecule has 12 nitrogen and oxygen atoms in total. The first-order valence-corrected chi connectivity index (χ1v) is 23.2. The molecule has 7 rings (SSSR count). The molecule has 3 aromatic rings. The van der Waals surface area contributed by atoms with Crippen LogP contribution in [0.2, 0.25) is 5.04 Å². The Morgan fingerprint density at radius 1 is 0.790 bits per heavy atom. The standard InChI is InChI=1S/C49H58O12Si/c1-29-36(57-30(2)50)27-49(55)43(59-44(54)33-20-14-11-15-21-33)41-47(10,42(53)40(58-31(3)51)39(29)46(49,8)9)37(26-38-48(41,28-56-38)60-32(4)52)61-62(45(5,6)7,34-22-16-12-17-23-34)35-24-18-13-19-25-35/h11-25,29,36-38,41,43,55H,26-28H2,1-10H3/t29?,36?,37?,38?,41?,43?,47-,48+,49?/m1/s1. The fourth-order valence-corrected chi connectivity index (χ4v) is 16.1. The number of hydrogen-bond acceptors (Lipinski definition) is 12. The summed E-state index contributed by atoms with van der Waals surface area (Å²) in [6.07, 6.45) is -4.98. The van der Waals surface area contributed by atoms with Crippen molar-refractivity contribution in [2.75, 3.05) is 6.61 Å². The topological polar surface area (TPSA) is 161 Å². The summed E-state index contributed by atoms with van der Waals surface area (Å²) in [5, 5.41) is 15.1. The van der Waals surface area contributed by atoms with E-state index in [2.05, 4.69) is 20.8 Å². The van der Waals surface area contributed by atoms with Gasteiger partial charge in [-0.3, -0.25) is 19.2 Å². The molecular weight excluding hydrogens is 809 g/mol. The maximum Gasteiger partial charge on any atom is 0.338 e. The van der Waals surface area contributed by atoms with Gasteiger partial charge in [-0.25, -0.2) is 4.79 Å². The summed E-state index contributed by atoms with van der Waals surface area (Å²) in [6.45, 7) is 16.6. The van der Waals surface area contributed by atoms with E-state index < -0.39 is 101 Å². The summed E-state index contributed by atoms with van der Waals surface area (Å²) >= 11 is 0. The van der Waals surface area contributed by atoms with Crippen molar-refractivity contribution in [3.63, 3.8) is 0 Å². The number of ketones is 1. The molecule has 1 heterocycles. The fourth-order valence-electron chi connectivity index (χ4n) is 11.3. The van der Waals surface area contributed by atoms with E-state index in [1.165, 1.54) is 20.8 Å². The minimum atomic E-state index is -3.55. The molecule has 1 aliphatic heterocycles. The molecule has 0 amide bonds. The molecular formula is C49H58O12Si. The number of carbonyl (C=O) groups is 5. The highest BCUT2D eigenvalue weighted by molar-refractivity contribution is 6.99. The lowest BCUT2D eigenvalue weighted by molar-refractivity contribution is -0.344. The second-order valence-corrected chi connectivity index (χ2v) is 23.4. The molecule has 4 aliphatic rings. The van der Waals surface area contributed by atoms with Gasteiger partial charge in [0, 0.05) is 44.9 Å². The average molecular weight is 867 g/mol. The van der Waals surface area contributed by atoms with E-state index in [4.69, 9.17) is 28.1 Å². The predicted octanol–water partition coefficient (Wildman–Crippen LogP) is 6.01. The molecule has 0 aromatic heterocycles. The van der Waals surface area contributed by atoms with Crippen molar-refractivity contribution in [1.82, 2.24) is 0 Å². The van der Waals surface area contributed by atoms with Crippen LogP contribution >= 0.6 is 0 Å². The summed E-state index contributed by atoms with van der Waals surface area (Å²) < 4.78 is 39.3. The number of hydrogen-bond donors (Lipinski definition) is 1. The van der Waals surface area contributed by atoms with Crippen LogP contribution in [0, 0.1) is 22.7 Å². The number of rotatable bonds is 9. The van der Waals surface area contributed by atoms with Gasteiger partial charge in [-0.2, -0.15) is 0 Å². The van der Waals surface area contributed by atoms with Gasteiger partial charge in [-0.05, 0) is 40.0 Å². The second-order valence-electron chi connectivity index (χ2n) is 19.2. The molecule has 0 spiro atoms. The van der Waals surface area contributed by atoms with Gasteiger partial charge in [0.05, 0.1) is 29.6 Å². The SMILES string of the molecule is CC(=O)OC1=C2C(C)C(OC(C)=O)CC(O)(C(OC(=O)c3ccccc3)C3[C@]4(OC(C)=O)COC4CC(O[Si](c4ccccc4)(c4ccccc4)C(C)(C)C)[C@@]3(C)C1=O)C2(C)C. The molecule has 3 aromatic carbocycles. The van der Waals surface area contributed by atoms with Crippen LogP contribution in [-0.2, 0) is 47.3 Å². The van der Waals surface area contributed by atoms with Gasteiger partial charge in [0.25, 0.3) is 8.32 Å². The van der Waals surface area contributed by atoms with E-state index in [0.717, 1.165) is 10.4 Å². The number of benzene rings is 3. The smallest absolute Gasteiger partial charge is 0.338 e. The largest absolute Gasteiger partial charge is 0.462 e. The Hall–Kier alpha value is -4.95. The highest BCUT2D eigenvalue weighted by Crippen LogP contribution is 2.66. The molecule has 2 bridgehead atoms. The van der Waals surface area contributed by atoms with Crippen molar-refractivity contribution < 1.29 is 57.2 Å². The van der Waals surface area contributed by atoms with Crippen LogP contribution < -0.4 is 10.4 Å². The molecule has 13 heteroatoms. The summed E-state index contributed by atoms with van der Waals surface area (Å²) in [6, 6.07) is 28.0. The Balaban J connectivity index is 1.61. The van der Waals surface area contributed by atoms with Crippen LogP contribution in [0.3, 0.4) is 0 Å². The first kappa shape index (κ1) is 45.1. The van der Waals surface area contributed by atoms with Crippen molar-refractivity contribution in [1.29, 1.82) is 0 Å². The third-order valence-electron chi connectivity index (χ3n) is 14.2. The average Bonchev–Trinajstić information content (AvgIpc) is 3.20. The highest BCUT2D eigenvalue weighted by atomic mass is 28.4. The van der Waals surface area contributed by atoms with Crippen molar-refractivity contribution in [3.05, 3.63) is 108 Å². The molecule has 9 atom stereocenters. The van der Waals surface area contributed by atoms with Gasteiger partial charge < -0.3 is 33.2 Å². The summed E-state index contributed by atoms with van der Waals surface area (Å²) in [7, 11) is -3.55. The molecule has 7 unspecified atom stereocenters. The van der Waals surface area contributed by atoms with Gasteiger partial charge in [0.15, 0.2) is 11.4 Å². The lowest BCUT2D eigenvalue weighted by Crippen LogP contribution is -2.82. The number of ether oxygens (including phenoxy) is 5. The zero-order chi connectivity index (χ0) is 45.2. The van der Waals surface area contributed by atoms with E-state index in [1.807, 2.05) is 60.7 Å². The van der Waals surface area contributed by atoms with Gasteiger partial charge >= 0.3 is 23.9 Å². The zero-order valence-corrected chi connectivity index (χ0v) is 38.2. The molecule has 1 saturated heterocycles. The van der Waals surface area contributed by atoms with Crippen LogP contribution in [0.1, 0.15) is 92.4 Å². The van der Waals surface area contributed by atoms with E-state index >= 15 is 4.79 Å². The third-order valence-corrected chi connectivity index (χ3v) is 19.2. The Kier molecular flexibility index (Phi) is 11.6. The maximum absolute atomic E-state index is 16.5. The number of Topliss-reactive ketones (excluding diaryl/α,β-unsaturated/α-hetero) is 1. The number of aliphatic hydroxyl groups is 1. The first-order valence-electron chi connectivity index (χ1n) is 21.3. The van der Waals surface area contributed by atoms with E-state index in [-0.39, 0.29) is 36.3 Å². The Labute approximate surface area is 364 Å². The summed E-state index contributed by atoms with van der Waals surface area (Å²) in [5.41, 5.74) is -6.90. The predicted molar refractivity (Wildman–Crippen MR) is 230 cm³/mol. The van der Waals surface area contributed by atoms with Gasteiger partial charge in [0.1, 0.15) is 23.9 Å². The molecule has 3 aliphatic carbocycles. The molecule has 330 valence electrons. The van der Waals surface area contributed by atoms with E-state index in [0.29, 0.717) is 0 Å². The minimum Gasteiger partial charge on any atom is -0.462 e. The molecule has 2 saturated carbocycles. The Morgan fingerprint density at radius 3 is 1.81 bits per heavy atom. The highest BCUT2D eigenvalue weighted by Gasteiger charge is 2.79. The number of fused-ring (bicyclic) bond motifs is 5. The van der Waals surface area contributed by atoms with Crippen LogP contribution in [0.4, 0.5) is 0 Å². The molecule has 62 heavy (non-hydrogen) atoms. The van der Waals surface area contributed by atoms with Crippen LogP contribution in [0.15, 0.2) is 102 Å². The first-order chi connectivity index (χ1) is 29.1. The second kappa shape index (κ2) is 16.0. The fraction of sp³-hybridized carbons (Fsp3) is 0.490. The number of allylic oxidation sites excluding steroid dienone is 1. The lowest BCUT2D eigenvalue weighted by Gasteiger charge is -2.68. The van der Waals surface area contributed by atoms with Crippen LogP contribution in [0.5, 0.6) is 0 Å². The normalized spacial score (nSPS) is 31.5. The summed E-state index contributed by atoms with van der Waals surface area (Å²) in [5.74, 6) is -6.14.